The van der Waals surface area contributed by atoms with Gasteiger partial charge in [-0.15, -0.1) is 0 Å². The van der Waals surface area contributed by atoms with Crippen molar-refractivity contribution in [3.05, 3.63) is 24.0 Å². The average Bonchev–Trinajstić information content (AvgIpc) is 2.29. The maximum absolute atomic E-state index is 12.2. The highest BCUT2D eigenvalue weighted by Gasteiger charge is 2.32. The number of aromatic nitrogens is 1. The van der Waals surface area contributed by atoms with Gasteiger partial charge in [0.05, 0.1) is 11.9 Å². The fraction of sp³-hybridized carbons (Fsp3) is 0.400. The molecule has 18 heavy (non-hydrogen) atoms. The molecule has 1 aromatic heterocycles. The van der Waals surface area contributed by atoms with Gasteiger partial charge in [0.25, 0.3) is 0 Å². The average molecular weight is 263 g/mol. The summed E-state index contributed by atoms with van der Waals surface area (Å²) in [6.07, 6.45) is -3.17. The number of carbonyl (C=O) groups excluding carboxylic acids is 1. The summed E-state index contributed by atoms with van der Waals surface area (Å²) in [6, 6.07) is 1.33. The number of nitrogens with zero attached hydrogens (tertiary/aromatic N) is 1. The third-order valence-corrected chi connectivity index (χ3v) is 1.93. The Morgan fingerprint density at radius 3 is 2.61 bits per heavy atom. The van der Waals surface area contributed by atoms with E-state index in [0.29, 0.717) is 6.42 Å². The predicted molar refractivity (Wildman–Crippen MR) is 58.0 cm³/mol. The minimum atomic E-state index is -4.50. The van der Waals surface area contributed by atoms with E-state index < -0.39 is 17.9 Å². The molecule has 1 heterocycles. The van der Waals surface area contributed by atoms with E-state index in [2.05, 4.69) is 15.6 Å². The normalized spacial score (nSPS) is 11.1. The van der Waals surface area contributed by atoms with Crippen LogP contribution in [0.5, 0.6) is 0 Å². The minimum absolute atomic E-state index is 0.0535. The van der Waals surface area contributed by atoms with E-state index in [9.17, 15) is 18.0 Å². The molecule has 0 radical (unpaired) electrons. The van der Waals surface area contributed by atoms with Crippen molar-refractivity contribution < 1.29 is 23.1 Å². The summed E-state index contributed by atoms with van der Waals surface area (Å²) >= 11 is 0. The number of rotatable bonds is 4. The van der Waals surface area contributed by atoms with Crippen LogP contribution in [0.25, 0.3) is 0 Å². The van der Waals surface area contributed by atoms with E-state index in [-0.39, 0.29) is 18.8 Å². The third-order valence-electron chi connectivity index (χ3n) is 1.93. The van der Waals surface area contributed by atoms with Gasteiger partial charge in [0.1, 0.15) is 5.69 Å². The first-order valence-electron chi connectivity index (χ1n) is 5.12. The highest BCUT2D eigenvalue weighted by atomic mass is 19.4. The van der Waals surface area contributed by atoms with Crippen LogP contribution < -0.4 is 10.6 Å². The Kier molecular flexibility index (Phi) is 4.90. The number of aliphatic hydroxyl groups is 1. The van der Waals surface area contributed by atoms with Crippen LogP contribution in [0, 0.1) is 0 Å². The molecule has 8 heteroatoms. The number of anilines is 1. The van der Waals surface area contributed by atoms with Crippen molar-refractivity contribution in [1.82, 2.24) is 10.3 Å². The van der Waals surface area contributed by atoms with E-state index in [4.69, 9.17) is 5.11 Å². The molecule has 0 aliphatic carbocycles. The van der Waals surface area contributed by atoms with Crippen LogP contribution in [0.2, 0.25) is 0 Å². The molecule has 0 saturated heterocycles. The van der Waals surface area contributed by atoms with Crippen LogP contribution in [0.3, 0.4) is 0 Å². The fourth-order valence-electron chi connectivity index (χ4n) is 1.09. The van der Waals surface area contributed by atoms with Gasteiger partial charge in [-0.3, -0.25) is 0 Å². The van der Waals surface area contributed by atoms with Gasteiger partial charge in [0.15, 0.2) is 0 Å². The Bertz CT molecular complexity index is 392. The van der Waals surface area contributed by atoms with Crippen LogP contribution in [0.4, 0.5) is 23.7 Å². The SMILES string of the molecule is O=C(NCCCO)Nc1ccc(C(F)(F)F)nc1. The summed E-state index contributed by atoms with van der Waals surface area (Å²) in [5.41, 5.74) is -0.863. The number of pyridine rings is 1. The maximum Gasteiger partial charge on any atom is 0.433 e. The molecule has 0 spiro atoms. The van der Waals surface area contributed by atoms with Gasteiger partial charge >= 0.3 is 12.2 Å². The standard InChI is InChI=1S/C10H12F3N3O2/c11-10(12,13)8-3-2-7(6-15-8)16-9(18)14-4-1-5-17/h2-3,6,17H,1,4-5H2,(H2,14,16,18). The molecule has 0 saturated carbocycles. The Morgan fingerprint density at radius 1 is 1.39 bits per heavy atom. The first kappa shape index (κ1) is 14.2. The fourth-order valence-corrected chi connectivity index (χ4v) is 1.09. The quantitative estimate of drug-likeness (QED) is 0.722. The Hall–Kier alpha value is -1.83. The van der Waals surface area contributed by atoms with E-state index in [0.717, 1.165) is 18.3 Å². The maximum atomic E-state index is 12.2. The lowest BCUT2D eigenvalue weighted by atomic mass is 10.3. The molecule has 100 valence electrons. The molecular weight excluding hydrogens is 251 g/mol. The molecule has 3 N–H and O–H groups in total. The third kappa shape index (κ3) is 4.58. The van der Waals surface area contributed by atoms with Crippen LogP contribution in [-0.4, -0.2) is 29.3 Å². The molecule has 0 aliphatic heterocycles. The first-order valence-corrected chi connectivity index (χ1v) is 5.12. The van der Waals surface area contributed by atoms with Crippen LogP contribution in [0.1, 0.15) is 12.1 Å². The van der Waals surface area contributed by atoms with Gasteiger partial charge in [-0.2, -0.15) is 13.2 Å². The highest BCUT2D eigenvalue weighted by Crippen LogP contribution is 2.27. The van der Waals surface area contributed by atoms with Gasteiger partial charge in [-0.05, 0) is 18.6 Å². The number of halogens is 3. The number of hydrogen-bond acceptors (Lipinski definition) is 3. The first-order chi connectivity index (χ1) is 8.43. The van der Waals surface area contributed by atoms with Crippen LogP contribution in [0.15, 0.2) is 18.3 Å². The molecule has 0 aromatic carbocycles. The molecule has 2 amide bonds. The lowest BCUT2D eigenvalue weighted by Gasteiger charge is -2.08. The van der Waals surface area contributed by atoms with Crippen molar-refractivity contribution in [2.45, 2.75) is 12.6 Å². The zero-order valence-electron chi connectivity index (χ0n) is 9.29. The summed E-state index contributed by atoms with van der Waals surface area (Å²) < 4.78 is 36.6. The number of hydrogen-bond donors (Lipinski definition) is 3. The second-order valence-electron chi connectivity index (χ2n) is 3.39. The Balaban J connectivity index is 2.51. The molecule has 5 nitrogen and oxygen atoms in total. The molecule has 1 aromatic rings. The van der Waals surface area contributed by atoms with Crippen molar-refractivity contribution in [1.29, 1.82) is 0 Å². The van der Waals surface area contributed by atoms with Crippen molar-refractivity contribution in [2.75, 3.05) is 18.5 Å². The van der Waals surface area contributed by atoms with Gasteiger partial charge in [0, 0.05) is 13.2 Å². The molecular formula is C10H12F3N3O2. The number of amides is 2. The van der Waals surface area contributed by atoms with Gasteiger partial charge in [-0.1, -0.05) is 0 Å². The van der Waals surface area contributed by atoms with E-state index in [1.54, 1.807) is 0 Å². The molecule has 1 rings (SSSR count). The van der Waals surface area contributed by atoms with Crippen molar-refractivity contribution in [3.8, 4) is 0 Å². The van der Waals surface area contributed by atoms with Gasteiger partial charge in [-0.25, -0.2) is 9.78 Å². The summed E-state index contributed by atoms with van der Waals surface area (Å²) in [5.74, 6) is 0. The van der Waals surface area contributed by atoms with Crippen molar-refractivity contribution in [3.63, 3.8) is 0 Å². The van der Waals surface area contributed by atoms with E-state index in [1.807, 2.05) is 0 Å². The van der Waals surface area contributed by atoms with E-state index in [1.165, 1.54) is 0 Å². The van der Waals surface area contributed by atoms with Gasteiger partial charge in [0.2, 0.25) is 0 Å². The van der Waals surface area contributed by atoms with Crippen LogP contribution in [-0.2, 0) is 6.18 Å². The largest absolute Gasteiger partial charge is 0.433 e. The smallest absolute Gasteiger partial charge is 0.396 e. The molecule has 0 aliphatic rings. The highest BCUT2D eigenvalue weighted by molar-refractivity contribution is 5.88. The second kappa shape index (κ2) is 6.20. The second-order valence-corrected chi connectivity index (χ2v) is 3.39. The molecule has 0 bridgehead atoms. The molecule has 0 unspecified atom stereocenters. The Labute approximate surface area is 101 Å². The zero-order valence-corrected chi connectivity index (χ0v) is 9.29. The molecule has 0 atom stereocenters. The summed E-state index contributed by atoms with van der Waals surface area (Å²) in [7, 11) is 0. The summed E-state index contributed by atoms with van der Waals surface area (Å²) in [5, 5.41) is 13.2. The van der Waals surface area contributed by atoms with E-state index >= 15 is 0 Å². The number of nitrogens with one attached hydrogen (secondary N) is 2. The number of carbonyl (C=O) groups is 1. The zero-order chi connectivity index (χ0) is 13.6. The number of alkyl halides is 3. The minimum Gasteiger partial charge on any atom is -0.396 e. The van der Waals surface area contributed by atoms with Crippen molar-refractivity contribution >= 4 is 11.7 Å². The lowest BCUT2D eigenvalue weighted by molar-refractivity contribution is -0.141. The van der Waals surface area contributed by atoms with Gasteiger partial charge < -0.3 is 15.7 Å². The van der Waals surface area contributed by atoms with Crippen molar-refractivity contribution in [2.24, 2.45) is 0 Å². The monoisotopic (exact) mass is 263 g/mol. The molecule has 0 fully saturated rings. The van der Waals surface area contributed by atoms with Crippen LogP contribution >= 0.6 is 0 Å². The number of urea groups is 1. The number of aliphatic hydroxyl groups excluding tert-OH is 1. The predicted octanol–water partition coefficient (Wildman–Crippen LogP) is 1.60. The Morgan fingerprint density at radius 2 is 2.11 bits per heavy atom. The lowest BCUT2D eigenvalue weighted by Crippen LogP contribution is -2.30. The summed E-state index contributed by atoms with van der Waals surface area (Å²) in [4.78, 5) is 14.4. The topological polar surface area (TPSA) is 74.2 Å². The summed E-state index contributed by atoms with van der Waals surface area (Å²) in [6.45, 7) is 0.221.